The molecule has 5 nitrogen and oxygen atoms in total. The summed E-state index contributed by atoms with van der Waals surface area (Å²) in [6, 6.07) is 5.68. The van der Waals surface area contributed by atoms with E-state index in [9.17, 15) is 15.2 Å². The molecule has 0 saturated heterocycles. The number of nitroso groups, excluding NO2 is 1. The van der Waals surface area contributed by atoms with E-state index in [1.807, 2.05) is 0 Å². The molecule has 1 aromatic heterocycles. The molecule has 0 aliphatic heterocycles. The van der Waals surface area contributed by atoms with Crippen LogP contribution in [0.3, 0.4) is 0 Å². The number of pyridine rings is 1. The topological polar surface area (TPSA) is 76.6 Å². The number of benzene rings is 1. The number of hydrogen-bond donors (Lipinski definition) is 1. The van der Waals surface area contributed by atoms with Crippen LogP contribution in [-0.4, -0.2) is 5.11 Å². The Balaban J connectivity index is 2.98. The zero-order chi connectivity index (χ0) is 10.1. The van der Waals surface area contributed by atoms with Crippen LogP contribution >= 0.6 is 0 Å². The molecule has 1 heterocycles. The van der Waals surface area contributed by atoms with E-state index in [1.54, 1.807) is 6.07 Å². The van der Waals surface area contributed by atoms with Crippen molar-refractivity contribution in [2.75, 3.05) is 0 Å². The summed E-state index contributed by atoms with van der Waals surface area (Å²) in [6.45, 7) is 0. The summed E-state index contributed by atoms with van der Waals surface area (Å²) in [7, 11) is 0. The zero-order valence-corrected chi connectivity index (χ0v) is 7.04. The monoisotopic (exact) mass is 190 g/mol. The van der Waals surface area contributed by atoms with Gasteiger partial charge in [0, 0.05) is 6.07 Å². The summed E-state index contributed by atoms with van der Waals surface area (Å²) in [6.07, 6.45) is 1.25. The van der Waals surface area contributed by atoms with Crippen molar-refractivity contribution in [3.63, 3.8) is 0 Å². The summed E-state index contributed by atoms with van der Waals surface area (Å²) < 4.78 is 0.499. The van der Waals surface area contributed by atoms with Crippen molar-refractivity contribution in [2.24, 2.45) is 5.18 Å². The minimum absolute atomic E-state index is 0.0598. The predicted octanol–water partition coefficient (Wildman–Crippen LogP) is 1.58. The molecular formula is C9H6N2O3. The number of phenolic OH excluding ortho intramolecular Hbond substituents is 1. The molecule has 0 amide bonds. The molecule has 0 spiro atoms. The summed E-state index contributed by atoms with van der Waals surface area (Å²) in [4.78, 5) is 10.4. The maximum absolute atomic E-state index is 11.3. The first-order chi connectivity index (χ1) is 6.74. The minimum Gasteiger partial charge on any atom is -0.618 e. The maximum Gasteiger partial charge on any atom is 0.268 e. The third-order valence-corrected chi connectivity index (χ3v) is 1.98. The van der Waals surface area contributed by atoms with Crippen LogP contribution in [0.5, 0.6) is 5.75 Å². The molecule has 5 heteroatoms. The van der Waals surface area contributed by atoms with E-state index in [2.05, 4.69) is 5.18 Å². The number of aromatic nitrogens is 1. The highest BCUT2D eigenvalue weighted by Gasteiger charge is 2.12. The fraction of sp³-hybridized carbons (Fsp3) is 0. The van der Waals surface area contributed by atoms with Crippen LogP contribution in [-0.2, 0) is 0 Å². The Kier molecular flexibility index (Phi) is 1.78. The van der Waals surface area contributed by atoms with E-state index >= 15 is 0 Å². The summed E-state index contributed by atoms with van der Waals surface area (Å²) in [5.74, 6) is -0.164. The van der Waals surface area contributed by atoms with Gasteiger partial charge in [-0.15, -0.1) is 4.91 Å². The quantitative estimate of drug-likeness (QED) is 0.421. The third kappa shape index (κ3) is 1.06. The lowest BCUT2D eigenvalue weighted by Gasteiger charge is -2.03. The number of nitrogens with zero attached hydrogens (tertiary/aromatic N) is 2. The Morgan fingerprint density at radius 3 is 2.86 bits per heavy atom. The van der Waals surface area contributed by atoms with E-state index in [0.717, 1.165) is 0 Å². The van der Waals surface area contributed by atoms with Crippen LogP contribution in [0.25, 0.3) is 10.9 Å². The molecule has 70 valence electrons. The first-order valence-corrected chi connectivity index (χ1v) is 3.91. The highest BCUT2D eigenvalue weighted by atomic mass is 16.5. The predicted molar refractivity (Wildman–Crippen MR) is 50.0 cm³/mol. The molecule has 2 rings (SSSR count). The van der Waals surface area contributed by atoms with Gasteiger partial charge >= 0.3 is 0 Å². The largest absolute Gasteiger partial charge is 0.618 e. The maximum atomic E-state index is 11.3. The van der Waals surface area contributed by atoms with Crippen LogP contribution in [0, 0.1) is 10.1 Å². The molecule has 0 bridgehead atoms. The van der Waals surface area contributed by atoms with Crippen molar-refractivity contribution in [3.05, 3.63) is 40.6 Å². The molecule has 0 unspecified atom stereocenters. The van der Waals surface area contributed by atoms with Crippen LogP contribution in [0.15, 0.2) is 35.6 Å². The standard InChI is InChI=1S/C9H6N2O3/c12-8-4-3-7(10-13)6-2-1-5-11(14)9(6)8/h1-5,12H. The average Bonchev–Trinajstić information content (AvgIpc) is 2.18. The second-order valence-corrected chi connectivity index (χ2v) is 2.79. The number of fused-ring (bicyclic) bond motifs is 1. The normalized spacial score (nSPS) is 10.3. The number of rotatable bonds is 1. The lowest BCUT2D eigenvalue weighted by atomic mass is 10.2. The Hall–Kier alpha value is -2.17. The van der Waals surface area contributed by atoms with Gasteiger partial charge in [0.25, 0.3) is 5.52 Å². The summed E-state index contributed by atoms with van der Waals surface area (Å²) in [5.41, 5.74) is 0.201. The molecule has 14 heavy (non-hydrogen) atoms. The molecule has 0 atom stereocenters. The smallest absolute Gasteiger partial charge is 0.268 e. The van der Waals surface area contributed by atoms with Gasteiger partial charge in [0.05, 0.1) is 5.39 Å². The molecular weight excluding hydrogens is 184 g/mol. The van der Waals surface area contributed by atoms with Crippen LogP contribution in [0.1, 0.15) is 0 Å². The molecule has 0 aliphatic carbocycles. The Labute approximate surface area is 78.8 Å². The molecule has 0 fully saturated rings. The lowest BCUT2D eigenvalue weighted by Crippen LogP contribution is -2.25. The highest BCUT2D eigenvalue weighted by molar-refractivity contribution is 5.91. The Morgan fingerprint density at radius 1 is 1.36 bits per heavy atom. The van der Waals surface area contributed by atoms with Crippen LogP contribution in [0.4, 0.5) is 5.69 Å². The second kappa shape index (κ2) is 2.95. The Bertz CT molecular complexity index is 502. The van der Waals surface area contributed by atoms with Gasteiger partial charge in [-0.05, 0) is 23.4 Å². The van der Waals surface area contributed by atoms with Crippen molar-refractivity contribution in [1.29, 1.82) is 0 Å². The van der Waals surface area contributed by atoms with Gasteiger partial charge in [0.2, 0.25) is 0 Å². The summed E-state index contributed by atoms with van der Waals surface area (Å²) in [5, 5.41) is 23.8. The van der Waals surface area contributed by atoms with Crippen molar-refractivity contribution in [3.8, 4) is 5.75 Å². The Morgan fingerprint density at radius 2 is 2.14 bits per heavy atom. The van der Waals surface area contributed by atoms with Gasteiger partial charge in [-0.3, -0.25) is 0 Å². The average molecular weight is 190 g/mol. The van der Waals surface area contributed by atoms with Gasteiger partial charge in [-0.1, -0.05) is 0 Å². The molecule has 1 N–H and O–H groups in total. The lowest BCUT2D eigenvalue weighted by molar-refractivity contribution is -0.577. The summed E-state index contributed by atoms with van der Waals surface area (Å²) >= 11 is 0. The first-order valence-electron chi connectivity index (χ1n) is 3.91. The molecule has 1 aromatic carbocycles. The molecule has 0 radical (unpaired) electrons. The number of aromatic hydroxyl groups is 1. The second-order valence-electron chi connectivity index (χ2n) is 2.79. The van der Waals surface area contributed by atoms with E-state index < -0.39 is 0 Å². The fourth-order valence-electron chi connectivity index (χ4n) is 1.35. The molecule has 0 aliphatic rings. The number of hydrogen-bond acceptors (Lipinski definition) is 4. The minimum atomic E-state index is -0.164. The zero-order valence-electron chi connectivity index (χ0n) is 7.04. The third-order valence-electron chi connectivity index (χ3n) is 1.98. The van der Waals surface area contributed by atoms with Crippen molar-refractivity contribution in [1.82, 2.24) is 0 Å². The van der Waals surface area contributed by atoms with E-state index in [4.69, 9.17) is 0 Å². The SMILES string of the molecule is O=Nc1ccc(O)c2c1ccc[n+]2[O-]. The van der Waals surface area contributed by atoms with Gasteiger partial charge in [0.15, 0.2) is 11.9 Å². The molecule has 2 aromatic rings. The fourth-order valence-corrected chi connectivity index (χ4v) is 1.35. The van der Waals surface area contributed by atoms with Gasteiger partial charge in [0.1, 0.15) is 5.69 Å². The van der Waals surface area contributed by atoms with Crippen molar-refractivity contribution in [2.45, 2.75) is 0 Å². The van der Waals surface area contributed by atoms with Gasteiger partial charge in [-0.2, -0.15) is 4.73 Å². The first kappa shape index (κ1) is 8.43. The van der Waals surface area contributed by atoms with Gasteiger partial charge < -0.3 is 10.3 Å². The van der Waals surface area contributed by atoms with Gasteiger partial charge in [-0.25, -0.2) is 0 Å². The molecule has 0 saturated carbocycles. The van der Waals surface area contributed by atoms with E-state index in [1.165, 1.54) is 24.4 Å². The van der Waals surface area contributed by atoms with Crippen molar-refractivity contribution < 1.29 is 9.84 Å². The van der Waals surface area contributed by atoms with Crippen LogP contribution < -0.4 is 4.73 Å². The van der Waals surface area contributed by atoms with Crippen molar-refractivity contribution >= 4 is 16.6 Å². The highest BCUT2D eigenvalue weighted by Crippen LogP contribution is 2.29. The van der Waals surface area contributed by atoms with Crippen LogP contribution in [0.2, 0.25) is 0 Å². The number of phenols is 1. The van der Waals surface area contributed by atoms with E-state index in [-0.39, 0.29) is 17.0 Å². The van der Waals surface area contributed by atoms with E-state index in [0.29, 0.717) is 10.1 Å².